The van der Waals surface area contributed by atoms with Crippen LogP contribution in [0.1, 0.15) is 38.4 Å². The fourth-order valence-electron chi connectivity index (χ4n) is 3.13. The van der Waals surface area contributed by atoms with Crippen molar-refractivity contribution in [2.75, 3.05) is 56.7 Å². The topological polar surface area (TPSA) is 66.4 Å². The van der Waals surface area contributed by atoms with Gasteiger partial charge in [0.2, 0.25) is 11.9 Å². The van der Waals surface area contributed by atoms with E-state index in [4.69, 9.17) is 9.72 Å². The van der Waals surface area contributed by atoms with Crippen molar-refractivity contribution in [2.45, 2.75) is 38.1 Å². The summed E-state index contributed by atoms with van der Waals surface area (Å²) < 4.78 is 5.68. The molecule has 7 nitrogen and oxygen atoms in total. The summed E-state index contributed by atoms with van der Waals surface area (Å²) >= 11 is 0. The van der Waals surface area contributed by atoms with Gasteiger partial charge in [-0.25, -0.2) is 0 Å². The molecule has 128 valence electrons. The van der Waals surface area contributed by atoms with E-state index in [1.54, 1.807) is 0 Å². The minimum atomic E-state index is 0.146. The smallest absolute Gasteiger partial charge is 0.230 e. The number of nitrogens with one attached hydrogen (secondary N) is 1. The zero-order chi connectivity index (χ0) is 16.4. The van der Waals surface area contributed by atoms with Crippen LogP contribution in [0.3, 0.4) is 0 Å². The zero-order valence-corrected chi connectivity index (χ0v) is 14.7. The fraction of sp³-hybridized carbons (Fsp3) is 0.812. The Bertz CT molecular complexity index is 505. The van der Waals surface area contributed by atoms with Gasteiger partial charge in [-0.15, -0.1) is 0 Å². The van der Waals surface area contributed by atoms with E-state index in [1.807, 2.05) is 19.0 Å². The third-order valence-electron chi connectivity index (χ3n) is 4.67. The van der Waals surface area contributed by atoms with Gasteiger partial charge in [-0.05, 0) is 12.8 Å². The molecule has 0 aromatic carbocycles. The summed E-state index contributed by atoms with van der Waals surface area (Å²) in [5, 5.41) is 3.65. The van der Waals surface area contributed by atoms with Crippen LogP contribution in [0, 0.1) is 0 Å². The zero-order valence-electron chi connectivity index (χ0n) is 14.7. The Morgan fingerprint density at radius 3 is 2.48 bits per heavy atom. The summed E-state index contributed by atoms with van der Waals surface area (Å²) in [5.41, 5.74) is 0.146. The lowest BCUT2D eigenvalue weighted by Gasteiger charge is -2.44. The van der Waals surface area contributed by atoms with E-state index < -0.39 is 0 Å². The highest BCUT2D eigenvalue weighted by atomic mass is 16.5. The second-order valence-corrected chi connectivity index (χ2v) is 7.09. The lowest BCUT2D eigenvalue weighted by atomic mass is 9.87. The maximum absolute atomic E-state index is 5.68. The number of piperidine rings is 1. The SMILES string of the molecule is CC(C)c1nc(N(C)C)nc(N2CCC3(CC2)COCCN3)n1. The Balaban J connectivity index is 1.77. The first kappa shape index (κ1) is 16.4. The average Bonchev–Trinajstić information content (AvgIpc) is 2.56. The van der Waals surface area contributed by atoms with Gasteiger partial charge in [-0.1, -0.05) is 13.8 Å². The van der Waals surface area contributed by atoms with Crippen LogP contribution in [-0.4, -0.2) is 67.4 Å². The van der Waals surface area contributed by atoms with Crippen molar-refractivity contribution in [3.05, 3.63) is 5.82 Å². The maximum Gasteiger partial charge on any atom is 0.230 e. The van der Waals surface area contributed by atoms with Crippen molar-refractivity contribution in [3.8, 4) is 0 Å². The Kier molecular flexibility index (Phi) is 4.68. The van der Waals surface area contributed by atoms with Crippen LogP contribution >= 0.6 is 0 Å². The van der Waals surface area contributed by atoms with Crippen molar-refractivity contribution in [1.29, 1.82) is 0 Å². The van der Waals surface area contributed by atoms with Gasteiger partial charge in [0.1, 0.15) is 5.82 Å². The number of anilines is 2. The monoisotopic (exact) mass is 320 g/mol. The van der Waals surface area contributed by atoms with Crippen LogP contribution in [0.5, 0.6) is 0 Å². The molecule has 3 rings (SSSR count). The number of hydrogen-bond acceptors (Lipinski definition) is 7. The first-order valence-corrected chi connectivity index (χ1v) is 8.50. The number of ether oxygens (including phenoxy) is 1. The molecule has 2 fully saturated rings. The van der Waals surface area contributed by atoms with Crippen LogP contribution in [0.4, 0.5) is 11.9 Å². The molecule has 2 aliphatic heterocycles. The molecule has 2 aliphatic rings. The molecule has 0 unspecified atom stereocenters. The van der Waals surface area contributed by atoms with E-state index in [9.17, 15) is 0 Å². The molecule has 1 aromatic heterocycles. The average molecular weight is 320 g/mol. The van der Waals surface area contributed by atoms with Crippen molar-refractivity contribution in [3.63, 3.8) is 0 Å². The minimum absolute atomic E-state index is 0.146. The minimum Gasteiger partial charge on any atom is -0.378 e. The van der Waals surface area contributed by atoms with Crippen LogP contribution < -0.4 is 15.1 Å². The summed E-state index contributed by atoms with van der Waals surface area (Å²) in [7, 11) is 3.94. The molecular weight excluding hydrogens is 292 g/mol. The molecule has 2 saturated heterocycles. The third kappa shape index (κ3) is 3.55. The highest BCUT2D eigenvalue weighted by molar-refractivity contribution is 5.39. The number of hydrogen-bond donors (Lipinski definition) is 1. The quantitative estimate of drug-likeness (QED) is 0.892. The van der Waals surface area contributed by atoms with Gasteiger partial charge in [-0.3, -0.25) is 0 Å². The molecule has 0 aliphatic carbocycles. The van der Waals surface area contributed by atoms with Gasteiger partial charge in [0.05, 0.1) is 13.2 Å². The van der Waals surface area contributed by atoms with Gasteiger partial charge in [0, 0.05) is 45.2 Å². The summed E-state index contributed by atoms with van der Waals surface area (Å²) in [6, 6.07) is 0. The molecule has 0 amide bonds. The van der Waals surface area contributed by atoms with Crippen LogP contribution in [0.25, 0.3) is 0 Å². The van der Waals surface area contributed by atoms with E-state index in [0.717, 1.165) is 63.4 Å². The lowest BCUT2D eigenvalue weighted by molar-refractivity contribution is 0.0156. The lowest BCUT2D eigenvalue weighted by Crippen LogP contribution is -2.59. The molecule has 1 aromatic rings. The third-order valence-corrected chi connectivity index (χ3v) is 4.67. The van der Waals surface area contributed by atoms with E-state index in [1.165, 1.54) is 0 Å². The van der Waals surface area contributed by atoms with Crippen LogP contribution in [-0.2, 0) is 4.74 Å². The van der Waals surface area contributed by atoms with Crippen molar-refractivity contribution >= 4 is 11.9 Å². The number of rotatable bonds is 3. The Morgan fingerprint density at radius 2 is 1.91 bits per heavy atom. The molecule has 1 spiro atoms. The molecule has 3 heterocycles. The summed E-state index contributed by atoms with van der Waals surface area (Å²) in [6.45, 7) is 8.73. The Morgan fingerprint density at radius 1 is 1.17 bits per heavy atom. The molecule has 0 radical (unpaired) electrons. The largest absolute Gasteiger partial charge is 0.378 e. The van der Waals surface area contributed by atoms with E-state index in [-0.39, 0.29) is 5.54 Å². The number of morpholine rings is 1. The van der Waals surface area contributed by atoms with Crippen LogP contribution in [0.15, 0.2) is 0 Å². The summed E-state index contributed by atoms with van der Waals surface area (Å²) in [6.07, 6.45) is 2.12. The first-order valence-electron chi connectivity index (χ1n) is 8.50. The van der Waals surface area contributed by atoms with Gasteiger partial charge in [0.15, 0.2) is 0 Å². The highest BCUT2D eigenvalue weighted by Crippen LogP contribution is 2.27. The van der Waals surface area contributed by atoms with E-state index in [2.05, 4.69) is 34.0 Å². The van der Waals surface area contributed by atoms with Gasteiger partial charge in [0.25, 0.3) is 0 Å². The summed E-state index contributed by atoms with van der Waals surface area (Å²) in [5.74, 6) is 2.69. The molecule has 23 heavy (non-hydrogen) atoms. The van der Waals surface area contributed by atoms with Crippen molar-refractivity contribution < 1.29 is 4.74 Å². The molecule has 0 bridgehead atoms. The molecule has 1 N–H and O–H groups in total. The number of nitrogens with zero attached hydrogens (tertiary/aromatic N) is 5. The highest BCUT2D eigenvalue weighted by Gasteiger charge is 2.37. The number of aromatic nitrogens is 3. The van der Waals surface area contributed by atoms with E-state index >= 15 is 0 Å². The second kappa shape index (κ2) is 6.57. The fourth-order valence-corrected chi connectivity index (χ4v) is 3.13. The van der Waals surface area contributed by atoms with Crippen LogP contribution in [0.2, 0.25) is 0 Å². The maximum atomic E-state index is 5.68. The normalized spacial score (nSPS) is 21.0. The predicted octanol–water partition coefficient (Wildman–Crippen LogP) is 1.02. The molecular formula is C16H28N6O. The van der Waals surface area contributed by atoms with E-state index in [0.29, 0.717) is 5.92 Å². The summed E-state index contributed by atoms with van der Waals surface area (Å²) in [4.78, 5) is 18.1. The Hall–Kier alpha value is -1.47. The predicted molar refractivity (Wildman–Crippen MR) is 91.2 cm³/mol. The van der Waals surface area contributed by atoms with Gasteiger partial charge >= 0.3 is 0 Å². The standard InChI is InChI=1S/C16H28N6O/c1-12(2)13-18-14(21(3)4)20-15(19-13)22-8-5-16(6-9-22)11-23-10-7-17-16/h12,17H,5-11H2,1-4H3. The van der Waals surface area contributed by atoms with Crippen molar-refractivity contribution in [1.82, 2.24) is 20.3 Å². The molecule has 0 atom stereocenters. The van der Waals surface area contributed by atoms with Crippen molar-refractivity contribution in [2.24, 2.45) is 0 Å². The van der Waals surface area contributed by atoms with Gasteiger partial charge in [-0.2, -0.15) is 15.0 Å². The molecule has 7 heteroatoms. The van der Waals surface area contributed by atoms with Gasteiger partial charge < -0.3 is 19.9 Å². The molecule has 0 saturated carbocycles. The Labute approximate surface area is 138 Å². The second-order valence-electron chi connectivity index (χ2n) is 7.09. The first-order chi connectivity index (χ1) is 11.0.